The molecule has 0 fully saturated rings. The third kappa shape index (κ3) is 1.47. The summed E-state index contributed by atoms with van der Waals surface area (Å²) in [7, 11) is 0. The van der Waals surface area contributed by atoms with Crippen LogP contribution in [0.3, 0.4) is 0 Å². The highest BCUT2D eigenvalue weighted by molar-refractivity contribution is 5.31. The van der Waals surface area contributed by atoms with E-state index in [9.17, 15) is 4.39 Å². The van der Waals surface area contributed by atoms with Gasteiger partial charge in [-0.3, -0.25) is 0 Å². The third-order valence-corrected chi connectivity index (χ3v) is 1.72. The fourth-order valence-electron chi connectivity index (χ4n) is 1.11. The van der Waals surface area contributed by atoms with E-state index in [1.165, 1.54) is 23.4 Å². The van der Waals surface area contributed by atoms with Crippen LogP contribution >= 0.6 is 0 Å². The molecule has 0 saturated heterocycles. The fourth-order valence-corrected chi connectivity index (χ4v) is 1.11. The Hall–Kier alpha value is -1.82. The SMILES string of the molecule is OCc1cc(F)cnc1-n1cncn1. The van der Waals surface area contributed by atoms with Crippen LogP contribution in [0.4, 0.5) is 4.39 Å². The van der Waals surface area contributed by atoms with Gasteiger partial charge in [-0.05, 0) is 6.07 Å². The van der Waals surface area contributed by atoms with Crippen molar-refractivity contribution in [3.05, 3.63) is 36.3 Å². The summed E-state index contributed by atoms with van der Waals surface area (Å²) in [5.41, 5.74) is 0.371. The summed E-state index contributed by atoms with van der Waals surface area (Å²) in [6.07, 6.45) is 3.84. The van der Waals surface area contributed by atoms with E-state index >= 15 is 0 Å². The molecule has 0 atom stereocenters. The number of rotatable bonds is 2. The maximum absolute atomic E-state index is 12.8. The molecule has 2 heterocycles. The number of hydrogen-bond donors (Lipinski definition) is 1. The Morgan fingerprint density at radius 2 is 2.36 bits per heavy atom. The normalized spacial score (nSPS) is 10.4. The Labute approximate surface area is 78.9 Å². The largest absolute Gasteiger partial charge is 0.392 e. The Morgan fingerprint density at radius 1 is 1.50 bits per heavy atom. The van der Waals surface area contributed by atoms with E-state index in [0.29, 0.717) is 11.4 Å². The molecule has 2 rings (SSSR count). The lowest BCUT2D eigenvalue weighted by molar-refractivity contribution is 0.280. The van der Waals surface area contributed by atoms with Crippen molar-refractivity contribution < 1.29 is 9.50 Å². The molecule has 2 aromatic rings. The van der Waals surface area contributed by atoms with E-state index in [-0.39, 0.29) is 6.61 Å². The maximum Gasteiger partial charge on any atom is 0.160 e. The molecule has 0 aliphatic heterocycles. The van der Waals surface area contributed by atoms with Gasteiger partial charge in [0.1, 0.15) is 18.5 Å². The summed E-state index contributed by atoms with van der Waals surface area (Å²) < 4.78 is 14.1. The standard InChI is InChI=1S/C8H7FN4O/c9-7-1-6(3-14)8(11-2-7)13-5-10-4-12-13/h1-2,4-5,14H,3H2. The first-order valence-corrected chi connectivity index (χ1v) is 3.91. The van der Waals surface area contributed by atoms with Gasteiger partial charge in [0.05, 0.1) is 12.8 Å². The zero-order valence-corrected chi connectivity index (χ0v) is 7.13. The first kappa shape index (κ1) is 8.76. The summed E-state index contributed by atoms with van der Waals surface area (Å²) in [5.74, 6) is -0.107. The molecule has 0 unspecified atom stereocenters. The van der Waals surface area contributed by atoms with E-state index < -0.39 is 5.82 Å². The minimum atomic E-state index is -0.488. The zero-order valence-electron chi connectivity index (χ0n) is 7.13. The molecule has 0 saturated carbocycles. The van der Waals surface area contributed by atoms with Crippen LogP contribution in [-0.2, 0) is 6.61 Å². The van der Waals surface area contributed by atoms with Crippen LogP contribution in [-0.4, -0.2) is 24.9 Å². The molecule has 72 valence electrons. The van der Waals surface area contributed by atoms with Gasteiger partial charge in [-0.1, -0.05) is 0 Å². The molecule has 0 spiro atoms. The van der Waals surface area contributed by atoms with Crippen LogP contribution in [0.5, 0.6) is 0 Å². The molecule has 0 amide bonds. The second-order valence-electron chi connectivity index (χ2n) is 2.63. The van der Waals surface area contributed by atoms with E-state index in [2.05, 4.69) is 15.1 Å². The van der Waals surface area contributed by atoms with Crippen molar-refractivity contribution in [1.29, 1.82) is 0 Å². The number of aromatic nitrogens is 4. The van der Waals surface area contributed by atoms with Crippen molar-refractivity contribution in [3.63, 3.8) is 0 Å². The van der Waals surface area contributed by atoms with Crippen molar-refractivity contribution in [1.82, 2.24) is 19.7 Å². The van der Waals surface area contributed by atoms with E-state index in [0.717, 1.165) is 6.20 Å². The molecule has 2 aromatic heterocycles. The van der Waals surface area contributed by atoms with Gasteiger partial charge in [-0.15, -0.1) is 0 Å². The lowest BCUT2D eigenvalue weighted by Gasteiger charge is -2.04. The number of aliphatic hydroxyl groups is 1. The van der Waals surface area contributed by atoms with Gasteiger partial charge < -0.3 is 5.11 Å². The van der Waals surface area contributed by atoms with Gasteiger partial charge in [0, 0.05) is 5.56 Å². The Morgan fingerprint density at radius 3 is 3.00 bits per heavy atom. The van der Waals surface area contributed by atoms with Crippen LogP contribution in [0.2, 0.25) is 0 Å². The molecule has 0 radical (unpaired) electrons. The Kier molecular flexibility index (Phi) is 2.19. The zero-order chi connectivity index (χ0) is 9.97. The molecule has 0 aromatic carbocycles. The quantitative estimate of drug-likeness (QED) is 0.746. The number of pyridine rings is 1. The number of halogens is 1. The summed E-state index contributed by atoms with van der Waals surface area (Å²) in [6, 6.07) is 1.21. The second-order valence-corrected chi connectivity index (χ2v) is 2.63. The van der Waals surface area contributed by atoms with Gasteiger partial charge in [0.2, 0.25) is 0 Å². The van der Waals surface area contributed by atoms with Crippen LogP contribution in [0.1, 0.15) is 5.56 Å². The van der Waals surface area contributed by atoms with E-state index in [1.54, 1.807) is 0 Å². The van der Waals surface area contributed by atoms with Crippen molar-refractivity contribution in [3.8, 4) is 5.82 Å². The lowest BCUT2D eigenvalue weighted by Crippen LogP contribution is -2.04. The average Bonchev–Trinajstić information content (AvgIpc) is 2.70. The van der Waals surface area contributed by atoms with Crippen molar-refractivity contribution in [2.75, 3.05) is 0 Å². The molecular formula is C8H7FN4O. The summed E-state index contributed by atoms with van der Waals surface area (Å²) in [4.78, 5) is 7.55. The van der Waals surface area contributed by atoms with Crippen LogP contribution in [0.25, 0.3) is 5.82 Å². The molecular weight excluding hydrogens is 187 g/mol. The van der Waals surface area contributed by atoms with Gasteiger partial charge in [-0.2, -0.15) is 5.10 Å². The van der Waals surface area contributed by atoms with Crippen LogP contribution in [0.15, 0.2) is 24.9 Å². The van der Waals surface area contributed by atoms with Crippen molar-refractivity contribution in [2.45, 2.75) is 6.61 Å². The maximum atomic E-state index is 12.8. The molecule has 6 heteroatoms. The first-order chi connectivity index (χ1) is 6.81. The van der Waals surface area contributed by atoms with Gasteiger partial charge in [0.25, 0.3) is 0 Å². The van der Waals surface area contributed by atoms with Crippen molar-refractivity contribution in [2.24, 2.45) is 0 Å². The fraction of sp³-hybridized carbons (Fsp3) is 0.125. The Balaban J connectivity index is 2.53. The highest BCUT2D eigenvalue weighted by Gasteiger charge is 2.07. The van der Waals surface area contributed by atoms with Gasteiger partial charge in [0.15, 0.2) is 5.82 Å². The predicted molar refractivity (Wildman–Crippen MR) is 45.0 cm³/mol. The smallest absolute Gasteiger partial charge is 0.160 e. The average molecular weight is 194 g/mol. The van der Waals surface area contributed by atoms with E-state index in [1.807, 2.05) is 0 Å². The van der Waals surface area contributed by atoms with Crippen molar-refractivity contribution >= 4 is 0 Å². The topological polar surface area (TPSA) is 63.8 Å². The molecule has 1 N–H and O–H groups in total. The second kappa shape index (κ2) is 3.51. The minimum absolute atomic E-state index is 0.292. The predicted octanol–water partition coefficient (Wildman–Crippen LogP) is 0.294. The first-order valence-electron chi connectivity index (χ1n) is 3.91. The number of nitrogens with zero attached hydrogens (tertiary/aromatic N) is 4. The summed E-state index contributed by atoms with van der Waals surface area (Å²) in [5, 5.41) is 12.8. The third-order valence-electron chi connectivity index (χ3n) is 1.72. The van der Waals surface area contributed by atoms with Crippen LogP contribution < -0.4 is 0 Å². The highest BCUT2D eigenvalue weighted by Crippen LogP contribution is 2.11. The minimum Gasteiger partial charge on any atom is -0.392 e. The lowest BCUT2D eigenvalue weighted by atomic mass is 10.2. The molecule has 14 heavy (non-hydrogen) atoms. The number of aliphatic hydroxyl groups excluding tert-OH is 1. The van der Waals surface area contributed by atoms with Gasteiger partial charge in [-0.25, -0.2) is 19.0 Å². The Bertz CT molecular complexity index is 429. The molecule has 0 aliphatic carbocycles. The van der Waals surface area contributed by atoms with E-state index in [4.69, 9.17) is 5.11 Å². The van der Waals surface area contributed by atoms with Gasteiger partial charge >= 0.3 is 0 Å². The summed E-state index contributed by atoms with van der Waals surface area (Å²) in [6.45, 7) is -0.292. The molecule has 0 bridgehead atoms. The summed E-state index contributed by atoms with van der Waals surface area (Å²) >= 11 is 0. The van der Waals surface area contributed by atoms with Crippen LogP contribution in [0, 0.1) is 5.82 Å². The molecule has 0 aliphatic rings. The highest BCUT2D eigenvalue weighted by atomic mass is 19.1. The number of hydrogen-bond acceptors (Lipinski definition) is 4. The molecule has 5 nitrogen and oxygen atoms in total. The monoisotopic (exact) mass is 194 g/mol.